The molecule has 0 aliphatic carbocycles. The third kappa shape index (κ3) is 3.58. The van der Waals surface area contributed by atoms with Gasteiger partial charge in [0.1, 0.15) is 5.76 Å². The van der Waals surface area contributed by atoms with Crippen molar-refractivity contribution in [3.8, 4) is 0 Å². The second kappa shape index (κ2) is 5.21. The third-order valence-corrected chi connectivity index (χ3v) is 2.77. The van der Waals surface area contributed by atoms with Gasteiger partial charge >= 0.3 is 0 Å². The van der Waals surface area contributed by atoms with Crippen LogP contribution in [0, 0.1) is 13.8 Å². The summed E-state index contributed by atoms with van der Waals surface area (Å²) in [6.07, 6.45) is 0. The summed E-state index contributed by atoms with van der Waals surface area (Å²) >= 11 is 1.52. The zero-order valence-electron chi connectivity index (χ0n) is 9.57. The molecule has 1 heterocycles. The van der Waals surface area contributed by atoms with Gasteiger partial charge in [-0.15, -0.1) is 0 Å². The van der Waals surface area contributed by atoms with Crippen molar-refractivity contribution in [1.29, 1.82) is 0 Å². The Morgan fingerprint density at radius 2 is 2.20 bits per heavy atom. The van der Waals surface area contributed by atoms with Gasteiger partial charge in [-0.1, -0.05) is 16.9 Å². The van der Waals surface area contributed by atoms with Gasteiger partial charge in [-0.2, -0.15) is 0 Å². The molecule has 1 rings (SSSR count). The molecule has 0 aliphatic rings. The summed E-state index contributed by atoms with van der Waals surface area (Å²) in [5.74, 6) is 1.63. The largest absolute Gasteiger partial charge is 0.379 e. The minimum atomic E-state index is 0.238. The maximum atomic E-state index is 5.75. The Hall–Kier alpha value is -0.970. The average molecular weight is 227 g/mol. The van der Waals surface area contributed by atoms with Crippen LogP contribution in [0.5, 0.6) is 0 Å². The molecule has 0 aliphatic heterocycles. The number of hydrogen-bond donors (Lipinski definition) is 1. The molecular formula is C10H17N3OS. The zero-order valence-corrected chi connectivity index (χ0v) is 10.4. The van der Waals surface area contributed by atoms with Crippen LogP contribution in [0.4, 0.5) is 0 Å². The molecule has 0 fully saturated rings. The molecule has 0 aromatic carbocycles. The first-order valence-corrected chi connectivity index (χ1v) is 5.87. The molecule has 84 valence electrons. The second-order valence-corrected chi connectivity index (χ2v) is 4.65. The Kier molecular flexibility index (Phi) is 4.20. The van der Waals surface area contributed by atoms with Gasteiger partial charge in [-0.05, 0) is 27.7 Å². The van der Waals surface area contributed by atoms with Crippen molar-refractivity contribution in [1.82, 2.24) is 5.16 Å². The van der Waals surface area contributed by atoms with Crippen molar-refractivity contribution in [2.75, 3.05) is 0 Å². The van der Waals surface area contributed by atoms with Crippen molar-refractivity contribution >= 4 is 16.9 Å². The molecule has 0 saturated heterocycles. The van der Waals surface area contributed by atoms with E-state index in [2.05, 4.69) is 10.1 Å². The van der Waals surface area contributed by atoms with Crippen LogP contribution in [-0.4, -0.2) is 16.4 Å². The Bertz CT molecular complexity index is 338. The summed E-state index contributed by atoms with van der Waals surface area (Å²) in [5.41, 5.74) is 7.79. The summed E-state index contributed by atoms with van der Waals surface area (Å²) < 4.78 is 5.06. The molecule has 0 amide bonds. The lowest BCUT2D eigenvalue weighted by Crippen LogP contribution is -2.10. The Morgan fingerprint density at radius 3 is 2.67 bits per heavy atom. The zero-order chi connectivity index (χ0) is 11.4. The topological polar surface area (TPSA) is 64.4 Å². The molecule has 4 nitrogen and oxygen atoms in total. The van der Waals surface area contributed by atoms with Crippen LogP contribution >= 0.6 is 11.8 Å². The van der Waals surface area contributed by atoms with Crippen molar-refractivity contribution < 1.29 is 4.52 Å². The molecule has 0 atom stereocenters. The van der Waals surface area contributed by atoms with Crippen LogP contribution in [0.2, 0.25) is 0 Å². The van der Waals surface area contributed by atoms with Crippen molar-refractivity contribution in [3.05, 3.63) is 17.0 Å². The lowest BCUT2D eigenvalue weighted by atomic mass is 10.2. The molecule has 0 bridgehead atoms. The van der Waals surface area contributed by atoms with E-state index >= 15 is 0 Å². The highest BCUT2D eigenvalue weighted by Gasteiger charge is 2.09. The molecule has 0 unspecified atom stereocenters. The van der Waals surface area contributed by atoms with E-state index in [-0.39, 0.29) is 6.04 Å². The van der Waals surface area contributed by atoms with Crippen molar-refractivity contribution in [2.24, 2.45) is 10.7 Å². The number of amidine groups is 1. The van der Waals surface area contributed by atoms with Gasteiger partial charge in [0, 0.05) is 17.4 Å². The normalized spacial score (nSPS) is 12.5. The quantitative estimate of drug-likeness (QED) is 0.635. The lowest BCUT2D eigenvalue weighted by molar-refractivity contribution is 0.392. The Labute approximate surface area is 94.3 Å². The van der Waals surface area contributed by atoms with Crippen LogP contribution in [-0.2, 0) is 5.75 Å². The van der Waals surface area contributed by atoms with E-state index in [4.69, 9.17) is 10.3 Å². The molecular weight excluding hydrogens is 210 g/mol. The summed E-state index contributed by atoms with van der Waals surface area (Å²) in [5, 5.41) is 4.50. The fraction of sp³-hybridized carbons (Fsp3) is 0.600. The molecule has 1 aromatic rings. The fourth-order valence-corrected chi connectivity index (χ4v) is 2.14. The van der Waals surface area contributed by atoms with E-state index in [1.165, 1.54) is 11.8 Å². The monoisotopic (exact) mass is 227 g/mol. The summed E-state index contributed by atoms with van der Waals surface area (Å²) in [7, 11) is 0. The predicted molar refractivity (Wildman–Crippen MR) is 64.0 cm³/mol. The Balaban J connectivity index is 2.58. The number of nitrogens with two attached hydrogens (primary N) is 1. The molecule has 0 radical (unpaired) electrons. The molecule has 0 saturated carbocycles. The molecule has 15 heavy (non-hydrogen) atoms. The van der Waals surface area contributed by atoms with E-state index in [0.29, 0.717) is 5.17 Å². The number of nitrogens with zero attached hydrogens (tertiary/aromatic N) is 2. The van der Waals surface area contributed by atoms with Crippen LogP contribution < -0.4 is 5.73 Å². The van der Waals surface area contributed by atoms with E-state index in [1.54, 1.807) is 0 Å². The SMILES string of the molecule is Cc1noc(C)c1CSC(N)=NC(C)C. The Morgan fingerprint density at radius 1 is 1.53 bits per heavy atom. The van der Waals surface area contributed by atoms with E-state index in [0.717, 1.165) is 22.8 Å². The number of aromatic nitrogens is 1. The van der Waals surface area contributed by atoms with Gasteiger partial charge in [0.15, 0.2) is 5.17 Å². The van der Waals surface area contributed by atoms with Crippen molar-refractivity contribution in [2.45, 2.75) is 39.5 Å². The fourth-order valence-electron chi connectivity index (χ4n) is 1.15. The van der Waals surface area contributed by atoms with Crippen LogP contribution in [0.15, 0.2) is 9.52 Å². The molecule has 2 N–H and O–H groups in total. The van der Waals surface area contributed by atoms with Gasteiger partial charge < -0.3 is 10.3 Å². The van der Waals surface area contributed by atoms with Crippen LogP contribution in [0.1, 0.15) is 30.9 Å². The van der Waals surface area contributed by atoms with Gasteiger partial charge in [0.2, 0.25) is 0 Å². The van der Waals surface area contributed by atoms with Gasteiger partial charge in [-0.25, -0.2) is 0 Å². The maximum Gasteiger partial charge on any atom is 0.154 e. The summed E-state index contributed by atoms with van der Waals surface area (Å²) in [6.45, 7) is 7.85. The molecule has 0 spiro atoms. The maximum absolute atomic E-state index is 5.75. The number of rotatable bonds is 3. The number of aliphatic imine (C=N–C) groups is 1. The first-order valence-electron chi connectivity index (χ1n) is 4.88. The highest BCUT2D eigenvalue weighted by molar-refractivity contribution is 8.13. The average Bonchev–Trinajstić information content (AvgIpc) is 2.42. The number of thioether (sulfide) groups is 1. The second-order valence-electron chi connectivity index (χ2n) is 3.65. The smallest absolute Gasteiger partial charge is 0.154 e. The van der Waals surface area contributed by atoms with E-state index < -0.39 is 0 Å². The highest BCUT2D eigenvalue weighted by Crippen LogP contribution is 2.19. The first kappa shape index (κ1) is 12.1. The van der Waals surface area contributed by atoms with E-state index in [1.807, 2.05) is 27.7 Å². The lowest BCUT2D eigenvalue weighted by Gasteiger charge is -2.02. The van der Waals surface area contributed by atoms with Crippen molar-refractivity contribution in [3.63, 3.8) is 0 Å². The van der Waals surface area contributed by atoms with Gasteiger partial charge in [0.05, 0.1) is 5.69 Å². The number of aryl methyl sites for hydroxylation is 2. The minimum absolute atomic E-state index is 0.238. The predicted octanol–water partition coefficient (Wildman–Crippen LogP) is 2.25. The third-order valence-electron chi connectivity index (χ3n) is 1.93. The van der Waals surface area contributed by atoms with Crippen LogP contribution in [0.3, 0.4) is 0 Å². The standard InChI is InChI=1S/C10H17N3OS/c1-6(2)12-10(11)15-5-9-7(3)13-14-8(9)4/h6H,5H2,1-4H3,(H2,11,12). The molecule has 1 aromatic heterocycles. The summed E-state index contributed by atoms with van der Waals surface area (Å²) in [6, 6.07) is 0.238. The van der Waals surface area contributed by atoms with E-state index in [9.17, 15) is 0 Å². The number of hydrogen-bond acceptors (Lipinski definition) is 4. The minimum Gasteiger partial charge on any atom is -0.379 e. The summed E-state index contributed by atoms with van der Waals surface area (Å²) in [4.78, 5) is 4.24. The highest BCUT2D eigenvalue weighted by atomic mass is 32.2. The van der Waals surface area contributed by atoms with Gasteiger partial charge in [-0.3, -0.25) is 4.99 Å². The molecule has 5 heteroatoms. The first-order chi connectivity index (χ1) is 7.00. The van der Waals surface area contributed by atoms with Gasteiger partial charge in [0.25, 0.3) is 0 Å². The van der Waals surface area contributed by atoms with Crippen LogP contribution in [0.25, 0.3) is 0 Å².